The molecular formula is C13H20N2O. The molecule has 2 rings (SSSR count). The summed E-state index contributed by atoms with van der Waals surface area (Å²) in [7, 11) is 2.13. The predicted octanol–water partition coefficient (Wildman–Crippen LogP) is 1.40. The third-order valence-corrected chi connectivity index (χ3v) is 3.24. The van der Waals surface area contributed by atoms with Crippen molar-refractivity contribution >= 4 is 0 Å². The molecule has 0 aromatic heterocycles. The van der Waals surface area contributed by atoms with Crippen LogP contribution >= 0.6 is 0 Å². The Morgan fingerprint density at radius 2 is 2.12 bits per heavy atom. The van der Waals surface area contributed by atoms with Crippen molar-refractivity contribution in [3.63, 3.8) is 0 Å². The van der Waals surface area contributed by atoms with Gasteiger partial charge in [-0.15, -0.1) is 0 Å². The number of hydrogen-bond acceptors (Lipinski definition) is 3. The number of phenolic OH excluding ortho intramolecular Hbond substituents is 1. The Hall–Kier alpha value is -1.06. The molecule has 1 fully saturated rings. The summed E-state index contributed by atoms with van der Waals surface area (Å²) in [5.74, 6) is 0.759. The van der Waals surface area contributed by atoms with E-state index in [1.807, 2.05) is 18.2 Å². The zero-order valence-electron chi connectivity index (χ0n) is 9.98. The molecule has 1 heterocycles. The number of para-hydroxylation sites is 1. The molecule has 0 amide bonds. The van der Waals surface area contributed by atoms with Gasteiger partial charge >= 0.3 is 0 Å². The summed E-state index contributed by atoms with van der Waals surface area (Å²) >= 11 is 0. The largest absolute Gasteiger partial charge is 0.508 e. The number of benzene rings is 1. The molecule has 2 N–H and O–H groups in total. The van der Waals surface area contributed by atoms with E-state index in [1.165, 1.54) is 0 Å². The molecule has 1 aliphatic rings. The fraction of sp³-hybridized carbons (Fsp3) is 0.538. The van der Waals surface area contributed by atoms with Gasteiger partial charge in [0.05, 0.1) is 0 Å². The number of aromatic hydroxyl groups is 1. The van der Waals surface area contributed by atoms with E-state index in [0.29, 0.717) is 17.7 Å². The van der Waals surface area contributed by atoms with Crippen molar-refractivity contribution in [2.45, 2.75) is 18.9 Å². The van der Waals surface area contributed by atoms with Crippen LogP contribution in [0.1, 0.15) is 18.4 Å². The maximum atomic E-state index is 9.72. The van der Waals surface area contributed by atoms with Crippen LogP contribution in [0.3, 0.4) is 0 Å². The second-order valence-electron chi connectivity index (χ2n) is 4.79. The van der Waals surface area contributed by atoms with E-state index in [9.17, 15) is 5.11 Å². The molecule has 3 nitrogen and oxygen atoms in total. The molecule has 1 aromatic rings. The molecule has 88 valence electrons. The highest BCUT2D eigenvalue weighted by Gasteiger charge is 2.23. The molecule has 1 aliphatic heterocycles. The van der Waals surface area contributed by atoms with Gasteiger partial charge in [0.15, 0.2) is 0 Å². The molecule has 1 atom stereocenters. The van der Waals surface area contributed by atoms with Gasteiger partial charge in [-0.3, -0.25) is 0 Å². The zero-order chi connectivity index (χ0) is 11.5. The van der Waals surface area contributed by atoms with Crippen LogP contribution in [0.5, 0.6) is 5.75 Å². The van der Waals surface area contributed by atoms with Gasteiger partial charge in [-0.1, -0.05) is 25.1 Å². The quantitative estimate of drug-likeness (QED) is 0.805. The Balaban J connectivity index is 1.84. The van der Waals surface area contributed by atoms with E-state index < -0.39 is 0 Å². The molecule has 1 unspecified atom stereocenters. The highest BCUT2D eigenvalue weighted by molar-refractivity contribution is 5.34. The Morgan fingerprint density at radius 1 is 1.44 bits per heavy atom. The third kappa shape index (κ3) is 2.54. The molecule has 0 aliphatic carbocycles. The predicted molar refractivity (Wildman–Crippen MR) is 65.8 cm³/mol. The average Bonchev–Trinajstić information content (AvgIpc) is 2.23. The van der Waals surface area contributed by atoms with Crippen LogP contribution in [-0.2, 0) is 0 Å². The van der Waals surface area contributed by atoms with E-state index in [-0.39, 0.29) is 0 Å². The monoisotopic (exact) mass is 220 g/mol. The van der Waals surface area contributed by atoms with Crippen LogP contribution in [0.15, 0.2) is 24.3 Å². The van der Waals surface area contributed by atoms with Gasteiger partial charge in [-0.2, -0.15) is 0 Å². The van der Waals surface area contributed by atoms with Crippen LogP contribution < -0.4 is 5.32 Å². The van der Waals surface area contributed by atoms with Crippen molar-refractivity contribution in [1.29, 1.82) is 0 Å². The van der Waals surface area contributed by atoms with Crippen LogP contribution in [0.25, 0.3) is 0 Å². The maximum Gasteiger partial charge on any atom is 0.119 e. The molecule has 0 bridgehead atoms. The van der Waals surface area contributed by atoms with E-state index in [0.717, 1.165) is 25.2 Å². The SMILES string of the molecule is CC(CNC1CN(C)C1)c1ccccc1O. The number of likely N-dealkylation sites (tertiary alicyclic amines) is 1. The molecule has 1 aromatic carbocycles. The lowest BCUT2D eigenvalue weighted by molar-refractivity contribution is 0.161. The molecule has 0 spiro atoms. The number of likely N-dealkylation sites (N-methyl/N-ethyl adjacent to an activating group) is 1. The van der Waals surface area contributed by atoms with Crippen molar-refractivity contribution in [2.24, 2.45) is 0 Å². The third-order valence-electron chi connectivity index (χ3n) is 3.24. The number of hydrogen-bond donors (Lipinski definition) is 2. The summed E-state index contributed by atoms with van der Waals surface area (Å²) in [5.41, 5.74) is 1.03. The van der Waals surface area contributed by atoms with Crippen LogP contribution in [0, 0.1) is 0 Å². The van der Waals surface area contributed by atoms with Crippen molar-refractivity contribution in [2.75, 3.05) is 26.7 Å². The van der Waals surface area contributed by atoms with Crippen molar-refractivity contribution in [1.82, 2.24) is 10.2 Å². The molecule has 0 saturated carbocycles. The minimum atomic E-state index is 0.354. The number of phenols is 1. The average molecular weight is 220 g/mol. The normalized spacial score (nSPS) is 19.4. The topological polar surface area (TPSA) is 35.5 Å². The van der Waals surface area contributed by atoms with Crippen molar-refractivity contribution < 1.29 is 5.11 Å². The molecule has 16 heavy (non-hydrogen) atoms. The summed E-state index contributed by atoms with van der Waals surface area (Å²) in [6.07, 6.45) is 0. The first-order chi connectivity index (χ1) is 7.66. The van der Waals surface area contributed by atoms with E-state index in [1.54, 1.807) is 6.07 Å². The second-order valence-corrected chi connectivity index (χ2v) is 4.79. The first kappa shape index (κ1) is 11.4. The molecule has 1 saturated heterocycles. The zero-order valence-corrected chi connectivity index (χ0v) is 9.98. The maximum absolute atomic E-state index is 9.72. The lowest BCUT2D eigenvalue weighted by atomic mass is 9.99. The van der Waals surface area contributed by atoms with E-state index >= 15 is 0 Å². The summed E-state index contributed by atoms with van der Waals surface area (Å²) in [6.45, 7) is 5.33. The van der Waals surface area contributed by atoms with Gasteiger partial charge < -0.3 is 15.3 Å². The van der Waals surface area contributed by atoms with Gasteiger partial charge in [-0.05, 0) is 24.6 Å². The minimum absolute atomic E-state index is 0.354. The summed E-state index contributed by atoms with van der Waals surface area (Å²) in [5, 5.41) is 13.2. The number of nitrogens with zero attached hydrogens (tertiary/aromatic N) is 1. The lowest BCUT2D eigenvalue weighted by Gasteiger charge is -2.37. The Bertz CT molecular complexity index is 348. The highest BCUT2D eigenvalue weighted by Crippen LogP contribution is 2.24. The molecular weight excluding hydrogens is 200 g/mol. The van der Waals surface area contributed by atoms with Crippen molar-refractivity contribution in [3.05, 3.63) is 29.8 Å². The van der Waals surface area contributed by atoms with Gasteiger partial charge in [0.1, 0.15) is 5.75 Å². The number of nitrogens with one attached hydrogen (secondary N) is 1. The Morgan fingerprint density at radius 3 is 2.75 bits per heavy atom. The van der Waals surface area contributed by atoms with Gasteiger partial charge in [0.2, 0.25) is 0 Å². The van der Waals surface area contributed by atoms with E-state index in [2.05, 4.69) is 24.2 Å². The smallest absolute Gasteiger partial charge is 0.119 e. The summed E-state index contributed by atoms with van der Waals surface area (Å²) < 4.78 is 0. The Kier molecular flexibility index (Phi) is 3.46. The minimum Gasteiger partial charge on any atom is -0.508 e. The molecule has 3 heteroatoms. The lowest BCUT2D eigenvalue weighted by Crippen LogP contribution is -2.56. The standard InChI is InChI=1S/C13H20N2O/c1-10(7-14-11-8-15(2)9-11)12-5-3-4-6-13(12)16/h3-6,10-11,14,16H,7-9H2,1-2H3. The molecule has 0 radical (unpaired) electrons. The van der Waals surface area contributed by atoms with Crippen molar-refractivity contribution in [3.8, 4) is 5.75 Å². The number of rotatable bonds is 4. The fourth-order valence-electron chi connectivity index (χ4n) is 2.19. The highest BCUT2D eigenvalue weighted by atomic mass is 16.3. The first-order valence-corrected chi connectivity index (χ1v) is 5.86. The van der Waals surface area contributed by atoms with Crippen LogP contribution in [0.2, 0.25) is 0 Å². The Labute approximate surface area is 97.1 Å². The van der Waals surface area contributed by atoms with Crippen LogP contribution in [0.4, 0.5) is 0 Å². The van der Waals surface area contributed by atoms with Gasteiger partial charge in [0.25, 0.3) is 0 Å². The van der Waals surface area contributed by atoms with Gasteiger partial charge in [0, 0.05) is 25.7 Å². The second kappa shape index (κ2) is 4.85. The summed E-state index contributed by atoms with van der Waals surface area (Å²) in [6, 6.07) is 8.21. The first-order valence-electron chi connectivity index (χ1n) is 5.86. The van der Waals surface area contributed by atoms with Crippen LogP contribution in [-0.4, -0.2) is 42.7 Å². The summed E-state index contributed by atoms with van der Waals surface area (Å²) in [4.78, 5) is 2.29. The van der Waals surface area contributed by atoms with Gasteiger partial charge in [-0.25, -0.2) is 0 Å². The van der Waals surface area contributed by atoms with E-state index in [4.69, 9.17) is 0 Å². The fourth-order valence-corrected chi connectivity index (χ4v) is 2.19.